The zero-order chi connectivity index (χ0) is 21.0. The molecule has 0 unspecified atom stereocenters. The Kier molecular flexibility index (Phi) is 6.59. The Morgan fingerprint density at radius 3 is 2.62 bits per heavy atom. The zero-order valence-electron chi connectivity index (χ0n) is 16.5. The van der Waals surface area contributed by atoms with Gasteiger partial charge in [-0.1, -0.05) is 31.2 Å². The van der Waals surface area contributed by atoms with Gasteiger partial charge in [0.25, 0.3) is 11.1 Å². The number of ether oxygens (including phenoxy) is 2. The number of amides is 2. The van der Waals surface area contributed by atoms with Crippen molar-refractivity contribution in [2.75, 3.05) is 7.11 Å². The number of methoxy groups -OCH3 is 1. The highest BCUT2D eigenvalue weighted by molar-refractivity contribution is 8.18. The SMILES string of the molecule is CC[C@H](C)Oc1ccc(/C=C2\SC(=O)N(Cc3ccccc3F)C2=O)cc1OC. The van der Waals surface area contributed by atoms with Crippen molar-refractivity contribution in [2.24, 2.45) is 0 Å². The molecule has 1 atom stereocenters. The first-order valence-electron chi connectivity index (χ1n) is 9.26. The number of carbonyl (C=O) groups excluding carboxylic acids is 2. The van der Waals surface area contributed by atoms with Gasteiger partial charge in [-0.2, -0.15) is 0 Å². The Labute approximate surface area is 173 Å². The molecule has 7 heteroatoms. The van der Waals surface area contributed by atoms with Crippen molar-refractivity contribution in [3.63, 3.8) is 0 Å². The molecule has 0 radical (unpaired) electrons. The van der Waals surface area contributed by atoms with Crippen LogP contribution in [0.25, 0.3) is 6.08 Å². The van der Waals surface area contributed by atoms with Crippen molar-refractivity contribution >= 4 is 29.0 Å². The van der Waals surface area contributed by atoms with Gasteiger partial charge in [-0.05, 0) is 54.9 Å². The first kappa shape index (κ1) is 20.9. The van der Waals surface area contributed by atoms with Crippen LogP contribution in [0, 0.1) is 5.82 Å². The summed E-state index contributed by atoms with van der Waals surface area (Å²) in [4.78, 5) is 26.3. The minimum Gasteiger partial charge on any atom is -0.493 e. The van der Waals surface area contributed by atoms with E-state index in [4.69, 9.17) is 9.47 Å². The molecule has 1 aliphatic rings. The lowest BCUT2D eigenvalue weighted by Crippen LogP contribution is -2.27. The molecule has 0 saturated carbocycles. The molecule has 2 aromatic carbocycles. The molecule has 0 N–H and O–H groups in total. The first-order chi connectivity index (χ1) is 13.9. The topological polar surface area (TPSA) is 55.8 Å². The number of hydrogen-bond donors (Lipinski definition) is 0. The summed E-state index contributed by atoms with van der Waals surface area (Å²) in [5.41, 5.74) is 0.999. The monoisotopic (exact) mass is 415 g/mol. The van der Waals surface area contributed by atoms with Crippen LogP contribution in [0.15, 0.2) is 47.4 Å². The average Bonchev–Trinajstić information content (AvgIpc) is 2.97. The average molecular weight is 415 g/mol. The van der Waals surface area contributed by atoms with E-state index in [0.717, 1.165) is 23.1 Å². The van der Waals surface area contributed by atoms with Crippen molar-refractivity contribution in [3.05, 3.63) is 64.3 Å². The van der Waals surface area contributed by atoms with E-state index in [1.54, 1.807) is 49.6 Å². The molecule has 1 fully saturated rings. The summed E-state index contributed by atoms with van der Waals surface area (Å²) in [6, 6.07) is 11.4. The molecular weight excluding hydrogens is 393 g/mol. The van der Waals surface area contributed by atoms with Crippen LogP contribution in [-0.2, 0) is 11.3 Å². The highest BCUT2D eigenvalue weighted by Crippen LogP contribution is 2.35. The number of halogens is 1. The number of rotatable bonds is 7. The fourth-order valence-corrected chi connectivity index (χ4v) is 3.59. The van der Waals surface area contributed by atoms with E-state index in [2.05, 4.69) is 0 Å². The van der Waals surface area contributed by atoms with E-state index in [9.17, 15) is 14.0 Å². The van der Waals surface area contributed by atoms with Gasteiger partial charge in [0.05, 0.1) is 24.7 Å². The normalized spacial score (nSPS) is 16.4. The van der Waals surface area contributed by atoms with Crippen LogP contribution in [0.4, 0.5) is 9.18 Å². The Hall–Kier alpha value is -2.80. The van der Waals surface area contributed by atoms with Gasteiger partial charge in [0.15, 0.2) is 11.5 Å². The van der Waals surface area contributed by atoms with Crippen LogP contribution in [0.3, 0.4) is 0 Å². The summed E-state index contributed by atoms with van der Waals surface area (Å²) >= 11 is 0.838. The highest BCUT2D eigenvalue weighted by Gasteiger charge is 2.35. The van der Waals surface area contributed by atoms with Gasteiger partial charge in [0, 0.05) is 5.56 Å². The fraction of sp³-hybridized carbons (Fsp3) is 0.273. The van der Waals surface area contributed by atoms with Gasteiger partial charge in [-0.3, -0.25) is 14.5 Å². The quantitative estimate of drug-likeness (QED) is 0.578. The van der Waals surface area contributed by atoms with E-state index in [0.29, 0.717) is 22.6 Å². The minimum absolute atomic E-state index is 0.0460. The second-order valence-corrected chi connectivity index (χ2v) is 7.60. The second-order valence-electron chi connectivity index (χ2n) is 6.61. The van der Waals surface area contributed by atoms with Crippen LogP contribution >= 0.6 is 11.8 Å². The Morgan fingerprint density at radius 2 is 1.93 bits per heavy atom. The van der Waals surface area contributed by atoms with Gasteiger partial charge < -0.3 is 9.47 Å². The molecule has 0 bridgehead atoms. The van der Waals surface area contributed by atoms with E-state index in [1.165, 1.54) is 6.07 Å². The third kappa shape index (κ3) is 4.79. The molecule has 0 spiro atoms. The second kappa shape index (κ2) is 9.13. The zero-order valence-corrected chi connectivity index (χ0v) is 17.3. The lowest BCUT2D eigenvalue weighted by molar-refractivity contribution is -0.123. The number of thioether (sulfide) groups is 1. The molecule has 1 heterocycles. The predicted octanol–water partition coefficient (Wildman–Crippen LogP) is 5.25. The van der Waals surface area contributed by atoms with E-state index in [1.807, 2.05) is 13.8 Å². The van der Waals surface area contributed by atoms with Gasteiger partial charge in [-0.25, -0.2) is 4.39 Å². The number of carbonyl (C=O) groups is 2. The largest absolute Gasteiger partial charge is 0.493 e. The summed E-state index contributed by atoms with van der Waals surface area (Å²) in [5, 5.41) is -0.423. The molecule has 29 heavy (non-hydrogen) atoms. The Bertz CT molecular complexity index is 960. The third-order valence-electron chi connectivity index (χ3n) is 4.55. The van der Waals surface area contributed by atoms with Crippen molar-refractivity contribution in [1.29, 1.82) is 0 Å². The maximum atomic E-state index is 13.9. The Morgan fingerprint density at radius 1 is 1.17 bits per heavy atom. The van der Waals surface area contributed by atoms with Crippen LogP contribution in [0.5, 0.6) is 11.5 Å². The van der Waals surface area contributed by atoms with Crippen LogP contribution in [-0.4, -0.2) is 29.3 Å². The fourth-order valence-electron chi connectivity index (χ4n) is 2.76. The lowest BCUT2D eigenvalue weighted by Gasteiger charge is -2.15. The number of imide groups is 1. The van der Waals surface area contributed by atoms with Crippen LogP contribution < -0.4 is 9.47 Å². The third-order valence-corrected chi connectivity index (χ3v) is 5.46. The molecule has 152 valence electrons. The molecule has 5 nitrogen and oxygen atoms in total. The summed E-state index contributed by atoms with van der Waals surface area (Å²) in [5.74, 6) is 0.274. The number of hydrogen-bond acceptors (Lipinski definition) is 5. The van der Waals surface area contributed by atoms with Crippen LogP contribution in [0.1, 0.15) is 31.4 Å². The van der Waals surface area contributed by atoms with Crippen molar-refractivity contribution < 1.29 is 23.5 Å². The maximum Gasteiger partial charge on any atom is 0.293 e. The minimum atomic E-state index is -0.447. The van der Waals surface area contributed by atoms with Gasteiger partial charge in [0.2, 0.25) is 0 Å². The molecule has 2 amide bonds. The molecule has 2 aromatic rings. The molecule has 1 aliphatic heterocycles. The van der Waals surface area contributed by atoms with Gasteiger partial charge >= 0.3 is 0 Å². The molecule has 0 aromatic heterocycles. The number of nitrogens with zero attached hydrogens (tertiary/aromatic N) is 1. The number of benzene rings is 2. The standard InChI is InChI=1S/C22H22FNO4S/c1-4-14(2)28-18-10-9-15(11-19(18)27-3)12-20-21(25)24(22(26)29-20)13-16-7-5-6-8-17(16)23/h5-12,14H,4,13H2,1-3H3/b20-12-/t14-/m0/s1. The van der Waals surface area contributed by atoms with Crippen LogP contribution in [0.2, 0.25) is 0 Å². The maximum absolute atomic E-state index is 13.9. The first-order valence-corrected chi connectivity index (χ1v) is 10.1. The van der Waals surface area contributed by atoms with Crippen molar-refractivity contribution in [1.82, 2.24) is 4.90 Å². The van der Waals surface area contributed by atoms with Crippen molar-refractivity contribution in [2.45, 2.75) is 32.9 Å². The van der Waals surface area contributed by atoms with E-state index in [-0.39, 0.29) is 17.6 Å². The van der Waals surface area contributed by atoms with Gasteiger partial charge in [0.1, 0.15) is 5.82 Å². The van der Waals surface area contributed by atoms with E-state index < -0.39 is 17.0 Å². The summed E-state index contributed by atoms with van der Waals surface area (Å²) in [7, 11) is 1.55. The van der Waals surface area contributed by atoms with E-state index >= 15 is 0 Å². The molecule has 1 saturated heterocycles. The molecule has 0 aliphatic carbocycles. The predicted molar refractivity (Wildman–Crippen MR) is 111 cm³/mol. The highest BCUT2D eigenvalue weighted by atomic mass is 32.2. The summed E-state index contributed by atoms with van der Waals surface area (Å²) in [6.07, 6.45) is 2.53. The Balaban J connectivity index is 1.81. The van der Waals surface area contributed by atoms with Gasteiger partial charge in [-0.15, -0.1) is 0 Å². The summed E-state index contributed by atoms with van der Waals surface area (Å²) in [6.45, 7) is 3.90. The lowest BCUT2D eigenvalue weighted by atomic mass is 10.1. The molecule has 3 rings (SSSR count). The molecular formula is C22H22FNO4S. The summed E-state index contributed by atoms with van der Waals surface area (Å²) < 4.78 is 25.1. The van der Waals surface area contributed by atoms with Crippen molar-refractivity contribution in [3.8, 4) is 11.5 Å². The smallest absolute Gasteiger partial charge is 0.293 e.